The zero-order valence-corrected chi connectivity index (χ0v) is 19.7. The summed E-state index contributed by atoms with van der Waals surface area (Å²) in [7, 11) is 0. The molecule has 1 spiro atoms. The number of rotatable bonds is 7. The molecule has 1 unspecified atom stereocenters. The Kier molecular flexibility index (Phi) is 6.86. The molecule has 0 bridgehead atoms. The summed E-state index contributed by atoms with van der Waals surface area (Å²) in [6.07, 6.45) is 4.16. The van der Waals surface area contributed by atoms with Crippen LogP contribution in [0.3, 0.4) is 0 Å². The first kappa shape index (κ1) is 23.5. The molecule has 1 atom stereocenters. The Morgan fingerprint density at radius 2 is 1.73 bits per heavy atom. The van der Waals surface area contributed by atoms with Gasteiger partial charge in [0.2, 0.25) is 11.8 Å². The molecule has 2 aromatic rings. The maximum Gasteiger partial charge on any atom is 0.247 e. The van der Waals surface area contributed by atoms with Crippen molar-refractivity contribution in [3.8, 4) is 0 Å². The molecule has 0 aromatic heterocycles. The van der Waals surface area contributed by atoms with Gasteiger partial charge in [-0.25, -0.2) is 0 Å². The van der Waals surface area contributed by atoms with Crippen molar-refractivity contribution in [2.75, 3.05) is 19.7 Å². The van der Waals surface area contributed by atoms with Crippen LogP contribution < -0.4 is 11.1 Å². The molecule has 2 aromatic carbocycles. The third-order valence-electron chi connectivity index (χ3n) is 7.08. The van der Waals surface area contributed by atoms with Crippen LogP contribution in [0.5, 0.6) is 0 Å². The molecule has 2 amide bonds. The summed E-state index contributed by atoms with van der Waals surface area (Å²) in [6, 6.07) is 17.8. The number of carbonyl (C=O) groups excluding carboxylic acids is 2. The molecule has 1 saturated heterocycles. The van der Waals surface area contributed by atoms with E-state index in [9.17, 15) is 9.59 Å². The number of carbonyl (C=O) groups is 2. The lowest BCUT2D eigenvalue weighted by atomic mass is 9.74. The Labute approximate surface area is 196 Å². The van der Waals surface area contributed by atoms with Gasteiger partial charge in [-0.2, -0.15) is 0 Å². The second-order valence-corrected chi connectivity index (χ2v) is 10.0. The zero-order chi connectivity index (χ0) is 23.5. The van der Waals surface area contributed by atoms with Crippen molar-refractivity contribution in [3.63, 3.8) is 0 Å². The molecule has 3 N–H and O–H groups in total. The van der Waals surface area contributed by atoms with Crippen molar-refractivity contribution in [2.24, 2.45) is 5.73 Å². The minimum Gasteiger partial charge on any atom is -0.374 e. The number of nitrogens with one attached hydrogen (secondary N) is 1. The van der Waals surface area contributed by atoms with E-state index >= 15 is 0 Å². The van der Waals surface area contributed by atoms with Gasteiger partial charge < -0.3 is 20.7 Å². The number of nitrogens with two attached hydrogens (primary N) is 1. The maximum atomic E-state index is 13.4. The second-order valence-electron chi connectivity index (χ2n) is 10.0. The Bertz CT molecular complexity index is 976. The molecule has 33 heavy (non-hydrogen) atoms. The van der Waals surface area contributed by atoms with E-state index in [4.69, 9.17) is 10.5 Å². The molecule has 1 aliphatic heterocycles. The average Bonchev–Trinajstić information content (AvgIpc) is 3.16. The number of aryl methyl sites for hydroxylation is 1. The Morgan fingerprint density at radius 3 is 2.42 bits per heavy atom. The molecule has 6 nitrogen and oxygen atoms in total. The lowest BCUT2D eigenvalue weighted by molar-refractivity contribution is -0.140. The summed E-state index contributed by atoms with van der Waals surface area (Å²) in [4.78, 5) is 27.9. The molecule has 1 aliphatic carbocycles. The van der Waals surface area contributed by atoms with Crippen LogP contribution in [0.2, 0.25) is 0 Å². The molecular weight excluding hydrogens is 414 g/mol. The SMILES string of the molecule is CC(C)(N)C(=O)NC(COCc1ccccc1)C(=O)N1CCC2(CCc3ccccc32)CC1. The summed E-state index contributed by atoms with van der Waals surface area (Å²) in [5, 5.41) is 2.84. The number of hydrogen-bond acceptors (Lipinski definition) is 4. The normalized spacial score (nSPS) is 18.1. The number of nitrogens with zero attached hydrogens (tertiary/aromatic N) is 1. The van der Waals surface area contributed by atoms with Crippen LogP contribution >= 0.6 is 0 Å². The number of likely N-dealkylation sites (tertiary alicyclic amines) is 1. The topological polar surface area (TPSA) is 84.7 Å². The molecule has 6 heteroatoms. The van der Waals surface area contributed by atoms with Gasteiger partial charge in [0.05, 0.1) is 18.8 Å². The van der Waals surface area contributed by atoms with E-state index in [1.54, 1.807) is 13.8 Å². The van der Waals surface area contributed by atoms with E-state index in [0.29, 0.717) is 19.7 Å². The number of benzene rings is 2. The van der Waals surface area contributed by atoms with Crippen LogP contribution in [0.15, 0.2) is 54.6 Å². The fourth-order valence-electron chi connectivity index (χ4n) is 5.05. The van der Waals surface area contributed by atoms with Gasteiger partial charge in [-0.05, 0) is 61.6 Å². The molecule has 1 heterocycles. The second kappa shape index (κ2) is 9.65. The van der Waals surface area contributed by atoms with Gasteiger partial charge in [-0.3, -0.25) is 9.59 Å². The number of amides is 2. The molecule has 176 valence electrons. The van der Waals surface area contributed by atoms with Crippen molar-refractivity contribution in [1.29, 1.82) is 0 Å². The van der Waals surface area contributed by atoms with E-state index < -0.39 is 11.6 Å². The summed E-state index contributed by atoms with van der Waals surface area (Å²) >= 11 is 0. The average molecular weight is 450 g/mol. The van der Waals surface area contributed by atoms with E-state index in [1.807, 2.05) is 35.2 Å². The van der Waals surface area contributed by atoms with Gasteiger partial charge >= 0.3 is 0 Å². The first-order valence-electron chi connectivity index (χ1n) is 11.9. The van der Waals surface area contributed by atoms with Crippen LogP contribution in [-0.2, 0) is 32.8 Å². The predicted octanol–water partition coefficient (Wildman–Crippen LogP) is 2.93. The standard InChI is InChI=1S/C27H35N3O3/c1-26(2,28)25(32)29-23(19-33-18-20-8-4-3-5-9-20)24(31)30-16-14-27(15-17-30)13-12-21-10-6-7-11-22(21)27/h3-11,23H,12-19,28H2,1-2H3,(H,29,32). The molecule has 0 radical (unpaired) electrons. The van der Waals surface area contributed by atoms with Gasteiger partial charge in [-0.15, -0.1) is 0 Å². The van der Waals surface area contributed by atoms with Crippen LogP contribution in [-0.4, -0.2) is 48.0 Å². The highest BCUT2D eigenvalue weighted by Gasteiger charge is 2.42. The highest BCUT2D eigenvalue weighted by molar-refractivity contribution is 5.91. The predicted molar refractivity (Wildman–Crippen MR) is 129 cm³/mol. The number of fused-ring (bicyclic) bond motifs is 2. The summed E-state index contributed by atoms with van der Waals surface area (Å²) in [6.45, 7) is 5.13. The third-order valence-corrected chi connectivity index (χ3v) is 7.08. The Hall–Kier alpha value is -2.70. The van der Waals surface area contributed by atoms with Crippen LogP contribution in [0.1, 0.15) is 49.8 Å². The van der Waals surface area contributed by atoms with Crippen molar-refractivity contribution in [2.45, 2.75) is 63.1 Å². The van der Waals surface area contributed by atoms with Crippen molar-refractivity contribution in [3.05, 3.63) is 71.3 Å². The maximum absolute atomic E-state index is 13.4. The van der Waals surface area contributed by atoms with Gasteiger partial charge in [0.1, 0.15) is 6.04 Å². The largest absolute Gasteiger partial charge is 0.374 e. The fraction of sp³-hybridized carbons (Fsp3) is 0.481. The molecule has 0 saturated carbocycles. The quantitative estimate of drug-likeness (QED) is 0.681. The molecular formula is C27H35N3O3. The van der Waals surface area contributed by atoms with Gasteiger partial charge in [0.25, 0.3) is 0 Å². The van der Waals surface area contributed by atoms with Crippen molar-refractivity contribution < 1.29 is 14.3 Å². The van der Waals surface area contributed by atoms with Gasteiger partial charge in [0, 0.05) is 13.1 Å². The molecule has 4 rings (SSSR count). The summed E-state index contributed by atoms with van der Waals surface area (Å²) in [5.74, 6) is -0.454. The number of hydrogen-bond donors (Lipinski definition) is 2. The minimum absolute atomic E-state index is 0.0956. The number of ether oxygens (including phenoxy) is 1. The first-order chi connectivity index (χ1) is 15.8. The zero-order valence-electron chi connectivity index (χ0n) is 19.7. The van der Waals surface area contributed by atoms with E-state index in [0.717, 1.165) is 31.2 Å². The van der Waals surface area contributed by atoms with E-state index in [-0.39, 0.29) is 23.8 Å². The first-order valence-corrected chi connectivity index (χ1v) is 11.9. The molecule has 1 fully saturated rings. The Balaban J connectivity index is 1.40. The lowest BCUT2D eigenvalue weighted by Gasteiger charge is -2.41. The van der Waals surface area contributed by atoms with Gasteiger partial charge in [0.15, 0.2) is 0 Å². The minimum atomic E-state index is -1.07. The molecule has 2 aliphatic rings. The lowest BCUT2D eigenvalue weighted by Crippen LogP contribution is -2.59. The van der Waals surface area contributed by atoms with Crippen LogP contribution in [0, 0.1) is 0 Å². The van der Waals surface area contributed by atoms with Gasteiger partial charge in [-0.1, -0.05) is 54.6 Å². The highest BCUT2D eigenvalue weighted by atomic mass is 16.5. The smallest absolute Gasteiger partial charge is 0.247 e. The Morgan fingerprint density at radius 1 is 1.06 bits per heavy atom. The number of piperidine rings is 1. The van der Waals surface area contributed by atoms with E-state index in [1.165, 1.54) is 11.1 Å². The summed E-state index contributed by atoms with van der Waals surface area (Å²) < 4.78 is 5.84. The monoisotopic (exact) mass is 449 g/mol. The highest BCUT2D eigenvalue weighted by Crippen LogP contribution is 2.46. The van der Waals surface area contributed by atoms with E-state index in [2.05, 4.69) is 29.6 Å². The van der Waals surface area contributed by atoms with Crippen molar-refractivity contribution in [1.82, 2.24) is 10.2 Å². The van der Waals surface area contributed by atoms with Crippen LogP contribution in [0.4, 0.5) is 0 Å². The van der Waals surface area contributed by atoms with Crippen LogP contribution in [0.25, 0.3) is 0 Å². The summed E-state index contributed by atoms with van der Waals surface area (Å²) in [5.41, 5.74) is 9.00. The fourth-order valence-corrected chi connectivity index (χ4v) is 5.05. The third kappa shape index (κ3) is 5.28. The van der Waals surface area contributed by atoms with Crippen molar-refractivity contribution >= 4 is 11.8 Å².